The van der Waals surface area contributed by atoms with Gasteiger partial charge in [-0.15, -0.1) is 0 Å². The van der Waals surface area contributed by atoms with Crippen molar-refractivity contribution in [1.82, 2.24) is 5.32 Å². The molecule has 100 valence electrons. The van der Waals surface area contributed by atoms with Crippen molar-refractivity contribution in [2.75, 3.05) is 7.11 Å². The van der Waals surface area contributed by atoms with Crippen LogP contribution in [0, 0.1) is 17.3 Å². The topological polar surface area (TPSA) is 64.3 Å². The van der Waals surface area contributed by atoms with E-state index in [1.54, 1.807) is 7.11 Å². The summed E-state index contributed by atoms with van der Waals surface area (Å²) in [6.45, 7) is 10.3. The van der Waals surface area contributed by atoms with Crippen molar-refractivity contribution in [1.29, 1.82) is 0 Å². The van der Waals surface area contributed by atoms with Crippen LogP contribution in [-0.4, -0.2) is 31.2 Å². The van der Waals surface area contributed by atoms with Crippen molar-refractivity contribution < 1.29 is 9.53 Å². The van der Waals surface area contributed by atoms with Crippen LogP contribution in [0.25, 0.3) is 0 Å². The zero-order chi connectivity index (χ0) is 13.4. The molecule has 0 radical (unpaired) electrons. The Bertz CT molecular complexity index is 289. The second-order valence-electron chi connectivity index (χ2n) is 6.09. The molecule has 1 aliphatic rings. The van der Waals surface area contributed by atoms with Gasteiger partial charge in [-0.2, -0.15) is 0 Å². The lowest BCUT2D eigenvalue weighted by molar-refractivity contribution is -0.155. The van der Waals surface area contributed by atoms with E-state index in [0.717, 1.165) is 0 Å². The van der Waals surface area contributed by atoms with E-state index in [0.29, 0.717) is 5.92 Å². The molecule has 0 aromatic heterocycles. The molecule has 0 saturated heterocycles. The number of methoxy groups -OCH3 is 1. The molecule has 1 aliphatic carbocycles. The fourth-order valence-electron chi connectivity index (χ4n) is 2.98. The quantitative estimate of drug-likeness (QED) is 0.777. The van der Waals surface area contributed by atoms with Crippen molar-refractivity contribution in [3.8, 4) is 0 Å². The number of carbonyl (C=O) groups is 1. The summed E-state index contributed by atoms with van der Waals surface area (Å²) in [4.78, 5) is 11.9. The van der Waals surface area contributed by atoms with E-state index >= 15 is 0 Å². The molecule has 4 atom stereocenters. The van der Waals surface area contributed by atoms with E-state index < -0.39 is 6.04 Å². The maximum absolute atomic E-state index is 11.9. The summed E-state index contributed by atoms with van der Waals surface area (Å²) in [5, 5.41) is 3.06. The summed E-state index contributed by atoms with van der Waals surface area (Å²) in [5.74, 6) is 0.435. The van der Waals surface area contributed by atoms with Crippen LogP contribution >= 0.6 is 0 Å². The second-order valence-corrected chi connectivity index (χ2v) is 6.09. The molecule has 1 fully saturated rings. The molecule has 4 heteroatoms. The summed E-state index contributed by atoms with van der Waals surface area (Å²) < 4.78 is 5.45. The number of nitrogens with one attached hydrogen (secondary N) is 1. The predicted octanol–water partition coefficient (Wildman–Crippen LogP) is 1.15. The van der Waals surface area contributed by atoms with E-state index in [4.69, 9.17) is 10.5 Å². The zero-order valence-corrected chi connectivity index (χ0v) is 11.8. The van der Waals surface area contributed by atoms with Crippen LogP contribution in [0.3, 0.4) is 0 Å². The first kappa shape index (κ1) is 14.5. The number of rotatable bonds is 4. The molecule has 1 rings (SSSR count). The average molecular weight is 242 g/mol. The Labute approximate surface area is 104 Å². The fourth-order valence-corrected chi connectivity index (χ4v) is 2.98. The molecule has 1 saturated carbocycles. The van der Waals surface area contributed by atoms with E-state index in [2.05, 4.69) is 26.1 Å². The third-order valence-corrected chi connectivity index (χ3v) is 4.11. The van der Waals surface area contributed by atoms with Crippen LogP contribution in [0.1, 0.15) is 34.6 Å². The number of hydrogen-bond acceptors (Lipinski definition) is 3. The van der Waals surface area contributed by atoms with Crippen LogP contribution in [-0.2, 0) is 9.53 Å². The van der Waals surface area contributed by atoms with E-state index in [1.807, 2.05) is 13.8 Å². The van der Waals surface area contributed by atoms with E-state index in [-0.39, 0.29) is 29.4 Å². The SMILES string of the molecule is COC1C(C)C(NC(=O)[C@@H](N)C(C)C)C1(C)C. The molecule has 0 heterocycles. The zero-order valence-electron chi connectivity index (χ0n) is 11.8. The van der Waals surface area contributed by atoms with Gasteiger partial charge < -0.3 is 15.8 Å². The van der Waals surface area contributed by atoms with Gasteiger partial charge in [0, 0.05) is 24.5 Å². The van der Waals surface area contributed by atoms with Crippen molar-refractivity contribution in [2.24, 2.45) is 23.0 Å². The number of amides is 1. The molecule has 3 unspecified atom stereocenters. The third-order valence-electron chi connectivity index (χ3n) is 4.11. The first-order chi connectivity index (χ1) is 7.73. The molecule has 0 aliphatic heterocycles. The van der Waals surface area contributed by atoms with Gasteiger partial charge in [0.1, 0.15) is 0 Å². The first-order valence-electron chi connectivity index (χ1n) is 6.32. The summed E-state index contributed by atoms with van der Waals surface area (Å²) in [6.07, 6.45) is 0.197. The number of hydrogen-bond donors (Lipinski definition) is 2. The van der Waals surface area contributed by atoms with Gasteiger partial charge >= 0.3 is 0 Å². The molecule has 3 N–H and O–H groups in total. The van der Waals surface area contributed by atoms with Crippen LogP contribution in [0.5, 0.6) is 0 Å². The van der Waals surface area contributed by atoms with Crippen molar-refractivity contribution >= 4 is 5.91 Å². The maximum Gasteiger partial charge on any atom is 0.237 e. The molecule has 1 amide bonds. The van der Waals surface area contributed by atoms with Crippen molar-refractivity contribution in [3.05, 3.63) is 0 Å². The minimum absolute atomic E-state index is 0.0273. The molecule has 0 aromatic rings. The van der Waals surface area contributed by atoms with Crippen molar-refractivity contribution in [2.45, 2.75) is 52.8 Å². The van der Waals surface area contributed by atoms with Crippen LogP contribution in [0.2, 0.25) is 0 Å². The summed E-state index contributed by atoms with van der Waals surface area (Å²) in [6, 6.07) is -0.288. The standard InChI is InChI=1S/C13H26N2O2/c1-7(2)9(14)12(16)15-10-8(3)11(17-6)13(10,4)5/h7-11H,14H2,1-6H3,(H,15,16)/t8?,9-,10?,11?/m0/s1. The summed E-state index contributed by atoms with van der Waals surface area (Å²) in [5.41, 5.74) is 5.82. The highest BCUT2D eigenvalue weighted by Gasteiger charge is 2.55. The molecular weight excluding hydrogens is 216 g/mol. The minimum atomic E-state index is -0.431. The Morgan fingerprint density at radius 2 is 1.94 bits per heavy atom. The van der Waals surface area contributed by atoms with Gasteiger partial charge in [-0.05, 0) is 5.92 Å². The van der Waals surface area contributed by atoms with E-state index in [1.165, 1.54) is 0 Å². The smallest absolute Gasteiger partial charge is 0.237 e. The Morgan fingerprint density at radius 3 is 2.29 bits per heavy atom. The highest BCUT2D eigenvalue weighted by atomic mass is 16.5. The predicted molar refractivity (Wildman–Crippen MR) is 68.5 cm³/mol. The molecule has 0 bridgehead atoms. The van der Waals surface area contributed by atoms with Gasteiger partial charge in [0.25, 0.3) is 0 Å². The first-order valence-corrected chi connectivity index (χ1v) is 6.32. The fraction of sp³-hybridized carbons (Fsp3) is 0.923. The van der Waals surface area contributed by atoms with Gasteiger partial charge in [-0.1, -0.05) is 34.6 Å². The molecule has 0 spiro atoms. The van der Waals surface area contributed by atoms with Gasteiger partial charge in [-0.25, -0.2) is 0 Å². The largest absolute Gasteiger partial charge is 0.380 e. The molecular formula is C13H26N2O2. The normalized spacial score (nSPS) is 33.1. The lowest BCUT2D eigenvalue weighted by atomic mass is 9.58. The summed E-state index contributed by atoms with van der Waals surface area (Å²) in [7, 11) is 1.72. The van der Waals surface area contributed by atoms with Crippen LogP contribution < -0.4 is 11.1 Å². The monoisotopic (exact) mass is 242 g/mol. The van der Waals surface area contributed by atoms with Gasteiger partial charge in [0.2, 0.25) is 5.91 Å². The van der Waals surface area contributed by atoms with Gasteiger partial charge in [-0.3, -0.25) is 4.79 Å². The minimum Gasteiger partial charge on any atom is -0.380 e. The van der Waals surface area contributed by atoms with Gasteiger partial charge in [0.15, 0.2) is 0 Å². The summed E-state index contributed by atoms with van der Waals surface area (Å²) >= 11 is 0. The molecule has 4 nitrogen and oxygen atoms in total. The Morgan fingerprint density at radius 1 is 1.41 bits per heavy atom. The van der Waals surface area contributed by atoms with E-state index in [9.17, 15) is 4.79 Å². The second kappa shape index (κ2) is 4.94. The molecule has 17 heavy (non-hydrogen) atoms. The highest BCUT2D eigenvalue weighted by Crippen LogP contribution is 2.46. The Hall–Kier alpha value is -0.610. The van der Waals surface area contributed by atoms with Crippen molar-refractivity contribution in [3.63, 3.8) is 0 Å². The Balaban J connectivity index is 2.62. The van der Waals surface area contributed by atoms with Crippen LogP contribution in [0.4, 0.5) is 0 Å². The highest BCUT2D eigenvalue weighted by molar-refractivity contribution is 5.82. The lowest BCUT2D eigenvalue weighted by Gasteiger charge is -2.56. The maximum atomic E-state index is 11.9. The molecule has 0 aromatic carbocycles. The lowest BCUT2D eigenvalue weighted by Crippen LogP contribution is -2.69. The number of ether oxygens (including phenoxy) is 1. The van der Waals surface area contributed by atoms with Gasteiger partial charge in [0.05, 0.1) is 12.1 Å². The number of carbonyl (C=O) groups excluding carboxylic acids is 1. The van der Waals surface area contributed by atoms with Crippen LogP contribution in [0.15, 0.2) is 0 Å². The average Bonchev–Trinajstić information content (AvgIpc) is 2.24. The Kier molecular flexibility index (Phi) is 4.20. The number of nitrogens with two attached hydrogens (primary N) is 1. The third kappa shape index (κ3) is 2.47.